The highest BCUT2D eigenvalue weighted by atomic mass is 16.5. The van der Waals surface area contributed by atoms with Gasteiger partial charge in [-0.15, -0.1) is 0 Å². The maximum Gasteiger partial charge on any atom is 0.250 e. The third-order valence-corrected chi connectivity index (χ3v) is 3.49. The van der Waals surface area contributed by atoms with Crippen molar-refractivity contribution in [3.63, 3.8) is 0 Å². The lowest BCUT2D eigenvalue weighted by molar-refractivity contribution is -0.129. The Hall–Kier alpha value is -1.88. The van der Waals surface area contributed by atoms with Gasteiger partial charge in [0.15, 0.2) is 0 Å². The van der Waals surface area contributed by atoms with Crippen LogP contribution in [0.4, 0.5) is 5.69 Å². The summed E-state index contributed by atoms with van der Waals surface area (Å²) >= 11 is 0. The van der Waals surface area contributed by atoms with Gasteiger partial charge in [-0.2, -0.15) is 0 Å². The second-order valence-corrected chi connectivity index (χ2v) is 5.31. The molecule has 0 aliphatic heterocycles. The van der Waals surface area contributed by atoms with Crippen LogP contribution in [0.5, 0.6) is 0 Å². The smallest absolute Gasteiger partial charge is 0.250 e. The monoisotopic (exact) mass is 290 g/mol. The van der Waals surface area contributed by atoms with Crippen molar-refractivity contribution in [3.8, 4) is 0 Å². The first-order chi connectivity index (χ1) is 10.2. The predicted molar refractivity (Wildman–Crippen MR) is 80.9 cm³/mol. The van der Waals surface area contributed by atoms with Crippen molar-refractivity contribution in [2.24, 2.45) is 0 Å². The molecular weight excluding hydrogens is 268 g/mol. The number of nitrogens with one attached hydrogen (secondary N) is 2. The van der Waals surface area contributed by atoms with E-state index in [4.69, 9.17) is 4.74 Å². The van der Waals surface area contributed by atoms with Crippen molar-refractivity contribution in [2.45, 2.75) is 38.1 Å². The minimum atomic E-state index is -0.258. The molecule has 2 amide bonds. The molecule has 1 fully saturated rings. The normalized spacial score (nSPS) is 15.4. The van der Waals surface area contributed by atoms with Crippen molar-refractivity contribution in [1.29, 1.82) is 0 Å². The molecule has 1 aliphatic carbocycles. The zero-order valence-corrected chi connectivity index (χ0v) is 12.1. The first kappa shape index (κ1) is 15.5. The molecule has 5 heteroatoms. The van der Waals surface area contributed by atoms with E-state index in [-0.39, 0.29) is 31.1 Å². The molecule has 0 radical (unpaired) electrons. The number of carbonyl (C=O) groups excluding carboxylic acids is 2. The standard InChI is InChI=1S/C16H22N2O3/c19-15(17-13-7-3-1-4-8-13)11-21-12-16(20)18-14-9-5-2-6-10-14/h1,3-4,7-8,14H,2,5-6,9-12H2,(H,17,19)(H,18,20). The molecule has 2 rings (SSSR count). The molecule has 5 nitrogen and oxygen atoms in total. The first-order valence-electron chi connectivity index (χ1n) is 7.46. The number of amides is 2. The van der Waals surface area contributed by atoms with Crippen LogP contribution in [-0.4, -0.2) is 31.1 Å². The topological polar surface area (TPSA) is 67.4 Å². The van der Waals surface area contributed by atoms with E-state index in [9.17, 15) is 9.59 Å². The Balaban J connectivity index is 1.60. The summed E-state index contributed by atoms with van der Waals surface area (Å²) in [5.41, 5.74) is 0.720. The van der Waals surface area contributed by atoms with E-state index < -0.39 is 0 Å². The predicted octanol–water partition coefficient (Wildman–Crippen LogP) is 2.09. The van der Waals surface area contributed by atoms with Gasteiger partial charge in [0.1, 0.15) is 13.2 Å². The molecule has 0 aromatic heterocycles. The Morgan fingerprint density at radius 1 is 1.00 bits per heavy atom. The molecule has 0 atom stereocenters. The maximum absolute atomic E-state index is 11.7. The third kappa shape index (κ3) is 5.95. The van der Waals surface area contributed by atoms with Crippen molar-refractivity contribution in [3.05, 3.63) is 30.3 Å². The van der Waals surface area contributed by atoms with Gasteiger partial charge in [0.25, 0.3) is 0 Å². The molecule has 21 heavy (non-hydrogen) atoms. The summed E-state index contributed by atoms with van der Waals surface area (Å²) in [4.78, 5) is 23.3. The number of rotatable bonds is 6. The van der Waals surface area contributed by atoms with Crippen LogP contribution in [-0.2, 0) is 14.3 Å². The van der Waals surface area contributed by atoms with Crippen LogP contribution in [0.15, 0.2) is 30.3 Å². The lowest BCUT2D eigenvalue weighted by Crippen LogP contribution is -2.38. The zero-order chi connectivity index (χ0) is 14.9. The summed E-state index contributed by atoms with van der Waals surface area (Å²) in [7, 11) is 0. The Morgan fingerprint density at radius 3 is 2.38 bits per heavy atom. The zero-order valence-electron chi connectivity index (χ0n) is 12.1. The van der Waals surface area contributed by atoms with E-state index in [1.165, 1.54) is 19.3 Å². The summed E-state index contributed by atoms with van der Waals surface area (Å²) in [5.74, 6) is -0.402. The largest absolute Gasteiger partial charge is 0.362 e. The molecule has 0 saturated heterocycles. The van der Waals surface area contributed by atoms with Gasteiger partial charge in [-0.05, 0) is 25.0 Å². The molecule has 1 aromatic carbocycles. The number of ether oxygens (including phenoxy) is 1. The van der Waals surface area contributed by atoms with E-state index in [2.05, 4.69) is 10.6 Å². The molecule has 0 spiro atoms. The SMILES string of the molecule is O=C(COCC(=O)NC1CCCCC1)Nc1ccccc1. The molecular formula is C16H22N2O3. The van der Waals surface area contributed by atoms with Crippen molar-refractivity contribution in [2.75, 3.05) is 18.5 Å². The van der Waals surface area contributed by atoms with Crippen LogP contribution in [0.1, 0.15) is 32.1 Å². The fourth-order valence-corrected chi connectivity index (χ4v) is 2.47. The van der Waals surface area contributed by atoms with Gasteiger partial charge in [-0.25, -0.2) is 0 Å². The lowest BCUT2D eigenvalue weighted by atomic mass is 9.95. The van der Waals surface area contributed by atoms with Crippen molar-refractivity contribution in [1.82, 2.24) is 5.32 Å². The summed E-state index contributed by atoms with van der Waals surface area (Å²) in [6, 6.07) is 9.43. The van der Waals surface area contributed by atoms with Crippen LogP contribution in [0.3, 0.4) is 0 Å². The highest BCUT2D eigenvalue weighted by Crippen LogP contribution is 2.17. The Labute approximate surface area is 125 Å². The first-order valence-corrected chi connectivity index (χ1v) is 7.46. The summed E-state index contributed by atoms with van der Waals surface area (Å²) in [6.07, 6.45) is 5.68. The van der Waals surface area contributed by atoms with Crippen LogP contribution >= 0.6 is 0 Å². The number of hydrogen-bond donors (Lipinski definition) is 2. The van der Waals surface area contributed by atoms with Gasteiger partial charge < -0.3 is 15.4 Å². The highest BCUT2D eigenvalue weighted by molar-refractivity contribution is 5.91. The average Bonchev–Trinajstić information content (AvgIpc) is 2.49. The quantitative estimate of drug-likeness (QED) is 0.843. The van der Waals surface area contributed by atoms with Gasteiger partial charge in [0, 0.05) is 11.7 Å². The van der Waals surface area contributed by atoms with Crippen LogP contribution in [0.2, 0.25) is 0 Å². The Bertz CT molecular complexity index is 456. The number of carbonyl (C=O) groups is 2. The number of para-hydroxylation sites is 1. The molecule has 1 aromatic rings. The maximum atomic E-state index is 11.7. The molecule has 114 valence electrons. The number of anilines is 1. The third-order valence-electron chi connectivity index (χ3n) is 3.49. The van der Waals surface area contributed by atoms with Crippen LogP contribution < -0.4 is 10.6 Å². The van der Waals surface area contributed by atoms with E-state index in [1.54, 1.807) is 12.1 Å². The second kappa shape index (κ2) is 8.42. The van der Waals surface area contributed by atoms with Gasteiger partial charge in [-0.1, -0.05) is 37.5 Å². The van der Waals surface area contributed by atoms with Gasteiger partial charge in [0.2, 0.25) is 11.8 Å². The van der Waals surface area contributed by atoms with E-state index in [0.717, 1.165) is 18.5 Å². The number of benzene rings is 1. The summed E-state index contributed by atoms with van der Waals surface area (Å²) < 4.78 is 5.15. The Kier molecular flexibility index (Phi) is 6.22. The molecule has 2 N–H and O–H groups in total. The summed E-state index contributed by atoms with van der Waals surface area (Å²) in [6.45, 7) is -0.189. The van der Waals surface area contributed by atoms with E-state index in [0.29, 0.717) is 0 Å². The molecule has 1 aliphatic rings. The Morgan fingerprint density at radius 2 is 1.67 bits per heavy atom. The van der Waals surface area contributed by atoms with Gasteiger partial charge in [-0.3, -0.25) is 9.59 Å². The fourth-order valence-electron chi connectivity index (χ4n) is 2.47. The van der Waals surface area contributed by atoms with E-state index in [1.807, 2.05) is 18.2 Å². The van der Waals surface area contributed by atoms with Gasteiger partial charge >= 0.3 is 0 Å². The minimum absolute atomic E-state index is 0.0707. The second-order valence-electron chi connectivity index (χ2n) is 5.31. The van der Waals surface area contributed by atoms with Crippen LogP contribution in [0.25, 0.3) is 0 Å². The fraction of sp³-hybridized carbons (Fsp3) is 0.500. The lowest BCUT2D eigenvalue weighted by Gasteiger charge is -2.22. The summed E-state index contributed by atoms with van der Waals surface area (Å²) in [5, 5.41) is 5.65. The van der Waals surface area contributed by atoms with E-state index >= 15 is 0 Å². The van der Waals surface area contributed by atoms with Crippen molar-refractivity contribution >= 4 is 17.5 Å². The molecule has 0 heterocycles. The van der Waals surface area contributed by atoms with Crippen LogP contribution in [0, 0.1) is 0 Å². The molecule has 0 unspecified atom stereocenters. The average molecular weight is 290 g/mol. The number of hydrogen-bond acceptors (Lipinski definition) is 3. The van der Waals surface area contributed by atoms with Gasteiger partial charge in [0.05, 0.1) is 0 Å². The highest BCUT2D eigenvalue weighted by Gasteiger charge is 2.15. The van der Waals surface area contributed by atoms with Crippen molar-refractivity contribution < 1.29 is 14.3 Å². The molecule has 1 saturated carbocycles. The minimum Gasteiger partial charge on any atom is -0.362 e. The molecule has 0 bridgehead atoms.